The minimum Gasteiger partial charge on any atom is -0.484 e. The van der Waals surface area contributed by atoms with Gasteiger partial charge in [0.15, 0.2) is 6.61 Å². The quantitative estimate of drug-likeness (QED) is 0.652. The molecule has 0 bridgehead atoms. The van der Waals surface area contributed by atoms with Crippen LogP contribution in [-0.4, -0.2) is 18.2 Å². The van der Waals surface area contributed by atoms with Gasteiger partial charge in [-0.05, 0) is 42.2 Å². The zero-order valence-electron chi connectivity index (χ0n) is 13.3. The van der Waals surface area contributed by atoms with Crippen molar-refractivity contribution in [1.82, 2.24) is 5.43 Å². The Morgan fingerprint density at radius 2 is 1.91 bits per heavy atom. The SMILES string of the molecule is C/C(CC(C)C)=N\NC(=O)COc1ccc2ccccc2c1. The summed E-state index contributed by atoms with van der Waals surface area (Å²) in [6.07, 6.45) is 0.867. The van der Waals surface area contributed by atoms with Crippen molar-refractivity contribution in [1.29, 1.82) is 0 Å². The standard InChI is InChI=1S/C18H22N2O2/c1-13(2)10-14(3)19-20-18(21)12-22-17-9-8-15-6-4-5-7-16(15)11-17/h4-9,11,13H,10,12H2,1-3H3,(H,20,21)/b19-14+. The molecule has 0 saturated heterocycles. The average Bonchev–Trinajstić information content (AvgIpc) is 2.50. The molecule has 0 atom stereocenters. The fraction of sp³-hybridized carbons (Fsp3) is 0.333. The molecule has 0 radical (unpaired) electrons. The van der Waals surface area contributed by atoms with E-state index < -0.39 is 0 Å². The summed E-state index contributed by atoms with van der Waals surface area (Å²) >= 11 is 0. The molecular weight excluding hydrogens is 276 g/mol. The van der Waals surface area contributed by atoms with Gasteiger partial charge < -0.3 is 4.74 Å². The summed E-state index contributed by atoms with van der Waals surface area (Å²) in [6, 6.07) is 13.8. The van der Waals surface area contributed by atoms with Gasteiger partial charge in [-0.2, -0.15) is 5.10 Å². The molecule has 0 aromatic heterocycles. The van der Waals surface area contributed by atoms with Crippen molar-refractivity contribution in [3.05, 3.63) is 42.5 Å². The molecule has 116 valence electrons. The summed E-state index contributed by atoms with van der Waals surface area (Å²) < 4.78 is 5.51. The van der Waals surface area contributed by atoms with Crippen LogP contribution in [0, 0.1) is 5.92 Å². The van der Waals surface area contributed by atoms with Gasteiger partial charge >= 0.3 is 0 Å². The zero-order chi connectivity index (χ0) is 15.9. The van der Waals surface area contributed by atoms with Crippen LogP contribution in [0.2, 0.25) is 0 Å². The molecule has 4 heteroatoms. The molecule has 0 heterocycles. The molecule has 1 amide bonds. The Balaban J connectivity index is 1.87. The zero-order valence-corrected chi connectivity index (χ0v) is 13.3. The summed E-state index contributed by atoms with van der Waals surface area (Å²) in [7, 11) is 0. The number of hydrogen-bond acceptors (Lipinski definition) is 3. The Kier molecular flexibility index (Phi) is 5.53. The van der Waals surface area contributed by atoms with Crippen LogP contribution >= 0.6 is 0 Å². The van der Waals surface area contributed by atoms with E-state index in [0.29, 0.717) is 11.7 Å². The summed E-state index contributed by atoms with van der Waals surface area (Å²) in [4.78, 5) is 11.7. The minimum absolute atomic E-state index is 0.0448. The van der Waals surface area contributed by atoms with E-state index in [0.717, 1.165) is 22.9 Å². The monoisotopic (exact) mass is 298 g/mol. The number of benzene rings is 2. The Morgan fingerprint density at radius 1 is 1.18 bits per heavy atom. The molecule has 4 nitrogen and oxygen atoms in total. The largest absolute Gasteiger partial charge is 0.484 e. The Labute approximate surface area is 131 Å². The first-order chi connectivity index (χ1) is 10.5. The van der Waals surface area contributed by atoms with Crippen LogP contribution in [0.15, 0.2) is 47.6 Å². The van der Waals surface area contributed by atoms with Crippen molar-refractivity contribution in [2.24, 2.45) is 11.0 Å². The Morgan fingerprint density at radius 3 is 2.64 bits per heavy atom. The van der Waals surface area contributed by atoms with Crippen LogP contribution in [0.25, 0.3) is 10.8 Å². The van der Waals surface area contributed by atoms with Crippen molar-refractivity contribution in [3.8, 4) is 5.75 Å². The fourth-order valence-corrected chi connectivity index (χ4v) is 2.23. The van der Waals surface area contributed by atoms with Gasteiger partial charge in [0, 0.05) is 5.71 Å². The highest BCUT2D eigenvalue weighted by Gasteiger charge is 2.03. The molecule has 0 aliphatic carbocycles. The minimum atomic E-state index is -0.253. The van der Waals surface area contributed by atoms with Crippen LogP contribution in [-0.2, 0) is 4.79 Å². The first-order valence-corrected chi connectivity index (χ1v) is 7.48. The Hall–Kier alpha value is -2.36. The third-order valence-corrected chi connectivity index (χ3v) is 3.17. The highest BCUT2D eigenvalue weighted by atomic mass is 16.5. The van der Waals surface area contributed by atoms with Crippen LogP contribution < -0.4 is 10.2 Å². The molecule has 0 spiro atoms. The summed E-state index contributed by atoms with van der Waals surface area (Å²) in [5.41, 5.74) is 3.43. The summed E-state index contributed by atoms with van der Waals surface area (Å²) in [5, 5.41) is 6.30. The highest BCUT2D eigenvalue weighted by molar-refractivity contribution is 5.85. The maximum absolute atomic E-state index is 11.7. The maximum Gasteiger partial charge on any atom is 0.277 e. The highest BCUT2D eigenvalue weighted by Crippen LogP contribution is 2.20. The molecule has 1 N–H and O–H groups in total. The first kappa shape index (κ1) is 16.0. The van der Waals surface area contributed by atoms with Crippen LogP contribution in [0.5, 0.6) is 5.75 Å². The van der Waals surface area contributed by atoms with Crippen molar-refractivity contribution in [2.45, 2.75) is 27.2 Å². The summed E-state index contributed by atoms with van der Waals surface area (Å²) in [5.74, 6) is 0.947. The fourth-order valence-electron chi connectivity index (χ4n) is 2.23. The molecule has 2 aromatic rings. The smallest absolute Gasteiger partial charge is 0.277 e. The molecule has 0 unspecified atom stereocenters. The number of nitrogens with one attached hydrogen (secondary N) is 1. The predicted octanol–water partition coefficient (Wildman–Crippen LogP) is 3.76. The van der Waals surface area contributed by atoms with E-state index in [2.05, 4.69) is 24.4 Å². The van der Waals surface area contributed by atoms with Crippen LogP contribution in [0.3, 0.4) is 0 Å². The summed E-state index contributed by atoms with van der Waals surface area (Å²) in [6.45, 7) is 6.09. The lowest BCUT2D eigenvalue weighted by Gasteiger charge is -2.07. The lowest BCUT2D eigenvalue weighted by molar-refractivity contribution is -0.123. The van der Waals surface area contributed by atoms with Gasteiger partial charge in [0.25, 0.3) is 5.91 Å². The maximum atomic E-state index is 11.7. The second-order valence-corrected chi connectivity index (χ2v) is 5.78. The predicted molar refractivity (Wildman–Crippen MR) is 90.1 cm³/mol. The number of carbonyl (C=O) groups is 1. The second-order valence-electron chi connectivity index (χ2n) is 5.78. The van der Waals surface area contributed by atoms with Crippen LogP contribution in [0.1, 0.15) is 27.2 Å². The number of nitrogens with zero attached hydrogens (tertiary/aromatic N) is 1. The van der Waals surface area contributed by atoms with Crippen molar-refractivity contribution in [3.63, 3.8) is 0 Å². The molecule has 0 aliphatic rings. The lowest BCUT2D eigenvalue weighted by Crippen LogP contribution is -2.25. The number of fused-ring (bicyclic) bond motifs is 1. The molecular formula is C18H22N2O2. The number of amides is 1. The molecule has 0 aliphatic heterocycles. The van der Waals surface area contributed by atoms with Gasteiger partial charge in [0.2, 0.25) is 0 Å². The van der Waals surface area contributed by atoms with Gasteiger partial charge in [-0.15, -0.1) is 0 Å². The number of rotatable bonds is 6. The molecule has 22 heavy (non-hydrogen) atoms. The molecule has 2 rings (SSSR count). The van der Waals surface area contributed by atoms with Crippen molar-refractivity contribution in [2.75, 3.05) is 6.61 Å². The van der Waals surface area contributed by atoms with Crippen molar-refractivity contribution >= 4 is 22.4 Å². The second kappa shape index (κ2) is 7.59. The molecule has 0 saturated carbocycles. The van der Waals surface area contributed by atoms with Gasteiger partial charge in [-0.3, -0.25) is 4.79 Å². The van der Waals surface area contributed by atoms with Gasteiger partial charge in [0.05, 0.1) is 0 Å². The first-order valence-electron chi connectivity index (χ1n) is 7.48. The molecule has 0 fully saturated rings. The third-order valence-electron chi connectivity index (χ3n) is 3.17. The van der Waals surface area contributed by atoms with E-state index in [-0.39, 0.29) is 12.5 Å². The molecule has 2 aromatic carbocycles. The van der Waals surface area contributed by atoms with E-state index in [9.17, 15) is 4.79 Å². The van der Waals surface area contributed by atoms with E-state index in [1.165, 1.54) is 0 Å². The van der Waals surface area contributed by atoms with Gasteiger partial charge in [0.1, 0.15) is 5.75 Å². The number of carbonyl (C=O) groups excluding carboxylic acids is 1. The number of hydrazone groups is 1. The van der Waals surface area contributed by atoms with Crippen molar-refractivity contribution < 1.29 is 9.53 Å². The third kappa shape index (κ3) is 4.88. The van der Waals surface area contributed by atoms with E-state index in [1.807, 2.05) is 49.4 Å². The van der Waals surface area contributed by atoms with E-state index in [1.54, 1.807) is 0 Å². The van der Waals surface area contributed by atoms with Crippen LogP contribution in [0.4, 0.5) is 0 Å². The average molecular weight is 298 g/mol. The lowest BCUT2D eigenvalue weighted by atomic mass is 10.1. The number of ether oxygens (including phenoxy) is 1. The van der Waals surface area contributed by atoms with E-state index >= 15 is 0 Å². The Bertz CT molecular complexity index is 678. The topological polar surface area (TPSA) is 50.7 Å². The normalized spacial score (nSPS) is 11.7. The van der Waals surface area contributed by atoms with E-state index in [4.69, 9.17) is 4.74 Å². The van der Waals surface area contributed by atoms with Gasteiger partial charge in [-0.1, -0.05) is 44.2 Å². The van der Waals surface area contributed by atoms with Gasteiger partial charge in [-0.25, -0.2) is 5.43 Å². The number of hydrogen-bond donors (Lipinski definition) is 1.